The molecule has 0 atom stereocenters. The Kier molecular flexibility index (Phi) is 3.42. The zero-order valence-corrected chi connectivity index (χ0v) is 10.9. The number of hydrogen-bond donors (Lipinski definition) is 1. The summed E-state index contributed by atoms with van der Waals surface area (Å²) in [4.78, 5) is 0. The standard InChI is InChI=1S/C11H12BrFN4/c1-2-3-10-11(14)15-16-17(10)9-5-4-7(12)6-8(9)13/h4-6H,2-3,14H2,1H3. The lowest BCUT2D eigenvalue weighted by molar-refractivity contribution is 0.600. The van der Waals surface area contributed by atoms with E-state index in [9.17, 15) is 4.39 Å². The molecule has 0 aliphatic heterocycles. The summed E-state index contributed by atoms with van der Waals surface area (Å²) in [6.07, 6.45) is 1.62. The molecule has 1 aromatic heterocycles. The summed E-state index contributed by atoms with van der Waals surface area (Å²) >= 11 is 3.21. The first-order chi connectivity index (χ1) is 8.13. The number of hydrogen-bond acceptors (Lipinski definition) is 3. The minimum absolute atomic E-state index is 0.356. The fourth-order valence-corrected chi connectivity index (χ4v) is 1.96. The number of nitrogens with two attached hydrogens (primary N) is 1. The van der Waals surface area contributed by atoms with Gasteiger partial charge in [-0.1, -0.05) is 34.5 Å². The van der Waals surface area contributed by atoms with Crippen LogP contribution in [0.5, 0.6) is 0 Å². The maximum atomic E-state index is 13.8. The summed E-state index contributed by atoms with van der Waals surface area (Å²) in [6.45, 7) is 2.02. The van der Waals surface area contributed by atoms with Crippen molar-refractivity contribution in [2.24, 2.45) is 0 Å². The van der Waals surface area contributed by atoms with Crippen molar-refractivity contribution in [1.29, 1.82) is 0 Å². The Morgan fingerprint density at radius 2 is 2.24 bits per heavy atom. The van der Waals surface area contributed by atoms with Crippen molar-refractivity contribution in [2.45, 2.75) is 19.8 Å². The topological polar surface area (TPSA) is 56.7 Å². The van der Waals surface area contributed by atoms with Crippen LogP contribution in [0.4, 0.5) is 10.2 Å². The minimum Gasteiger partial charge on any atom is -0.381 e. The van der Waals surface area contributed by atoms with Crippen LogP contribution in [-0.2, 0) is 6.42 Å². The molecule has 0 unspecified atom stereocenters. The van der Waals surface area contributed by atoms with Crippen molar-refractivity contribution in [2.75, 3.05) is 5.73 Å². The van der Waals surface area contributed by atoms with Gasteiger partial charge in [-0.3, -0.25) is 0 Å². The molecule has 1 heterocycles. The van der Waals surface area contributed by atoms with Crippen molar-refractivity contribution in [1.82, 2.24) is 15.0 Å². The highest BCUT2D eigenvalue weighted by Gasteiger charge is 2.14. The van der Waals surface area contributed by atoms with E-state index in [1.54, 1.807) is 12.1 Å². The largest absolute Gasteiger partial charge is 0.381 e. The van der Waals surface area contributed by atoms with Crippen LogP contribution in [0, 0.1) is 5.82 Å². The van der Waals surface area contributed by atoms with Crippen LogP contribution in [0.15, 0.2) is 22.7 Å². The molecule has 0 aliphatic rings. The van der Waals surface area contributed by atoms with E-state index in [0.29, 0.717) is 22.4 Å². The molecule has 0 fully saturated rings. The summed E-state index contributed by atoms with van der Waals surface area (Å²) in [5.74, 6) is -0.00389. The molecule has 6 heteroatoms. The Hall–Kier alpha value is -1.43. The quantitative estimate of drug-likeness (QED) is 0.948. The number of anilines is 1. The van der Waals surface area contributed by atoms with Gasteiger partial charge in [0.2, 0.25) is 0 Å². The van der Waals surface area contributed by atoms with Crippen LogP contribution < -0.4 is 5.73 Å². The van der Waals surface area contributed by atoms with Crippen LogP contribution in [0.25, 0.3) is 5.69 Å². The van der Waals surface area contributed by atoms with Crippen LogP contribution in [0.2, 0.25) is 0 Å². The van der Waals surface area contributed by atoms with Gasteiger partial charge in [-0.05, 0) is 24.6 Å². The van der Waals surface area contributed by atoms with Crippen molar-refractivity contribution in [3.63, 3.8) is 0 Å². The molecule has 17 heavy (non-hydrogen) atoms. The SMILES string of the molecule is CCCc1c(N)nnn1-c1ccc(Br)cc1F. The van der Waals surface area contributed by atoms with Crippen molar-refractivity contribution < 1.29 is 4.39 Å². The number of rotatable bonds is 3. The summed E-state index contributed by atoms with van der Waals surface area (Å²) < 4.78 is 15.9. The zero-order chi connectivity index (χ0) is 12.4. The van der Waals surface area contributed by atoms with E-state index in [2.05, 4.69) is 26.2 Å². The number of benzene rings is 1. The predicted molar refractivity (Wildman–Crippen MR) is 67.4 cm³/mol. The number of nitrogens with zero attached hydrogens (tertiary/aromatic N) is 3. The second-order valence-corrected chi connectivity index (χ2v) is 4.59. The Morgan fingerprint density at radius 1 is 1.47 bits per heavy atom. The lowest BCUT2D eigenvalue weighted by Crippen LogP contribution is -2.05. The minimum atomic E-state index is -0.360. The fourth-order valence-electron chi connectivity index (χ4n) is 1.63. The lowest BCUT2D eigenvalue weighted by Gasteiger charge is -2.07. The molecule has 0 aliphatic carbocycles. The summed E-state index contributed by atoms with van der Waals surface area (Å²) in [5, 5.41) is 7.67. The lowest BCUT2D eigenvalue weighted by atomic mass is 10.2. The van der Waals surface area contributed by atoms with Gasteiger partial charge >= 0.3 is 0 Å². The predicted octanol–water partition coefficient (Wildman–Crippen LogP) is 2.70. The molecular formula is C11H12BrFN4. The summed E-state index contributed by atoms with van der Waals surface area (Å²) in [7, 11) is 0. The second kappa shape index (κ2) is 4.83. The Morgan fingerprint density at radius 3 is 2.88 bits per heavy atom. The smallest absolute Gasteiger partial charge is 0.169 e. The van der Waals surface area contributed by atoms with Gasteiger partial charge < -0.3 is 5.73 Å². The number of aromatic nitrogens is 3. The van der Waals surface area contributed by atoms with Crippen LogP contribution in [0.1, 0.15) is 19.0 Å². The third-order valence-electron chi connectivity index (χ3n) is 2.42. The van der Waals surface area contributed by atoms with Gasteiger partial charge in [-0.15, -0.1) is 5.10 Å². The summed E-state index contributed by atoms with van der Waals surface area (Å²) in [6, 6.07) is 4.79. The molecule has 2 N–H and O–H groups in total. The van der Waals surface area contributed by atoms with Gasteiger partial charge in [0.05, 0.1) is 5.69 Å². The molecule has 90 valence electrons. The van der Waals surface area contributed by atoms with Crippen molar-refractivity contribution in [3.05, 3.63) is 34.2 Å². The van der Waals surface area contributed by atoms with Gasteiger partial charge in [-0.25, -0.2) is 9.07 Å². The monoisotopic (exact) mass is 298 g/mol. The number of halogens is 2. The molecule has 0 amide bonds. The third-order valence-corrected chi connectivity index (χ3v) is 2.91. The Bertz CT molecular complexity index is 538. The van der Waals surface area contributed by atoms with Gasteiger partial charge in [-0.2, -0.15) is 0 Å². The van der Waals surface area contributed by atoms with Gasteiger partial charge in [0.15, 0.2) is 5.82 Å². The Balaban J connectivity index is 2.52. The summed E-state index contributed by atoms with van der Waals surface area (Å²) in [5.41, 5.74) is 6.82. The van der Waals surface area contributed by atoms with E-state index in [-0.39, 0.29) is 5.82 Å². The molecule has 2 aromatic rings. The first-order valence-corrected chi connectivity index (χ1v) is 6.08. The fraction of sp³-hybridized carbons (Fsp3) is 0.273. The Labute approximate surface area is 107 Å². The first-order valence-electron chi connectivity index (χ1n) is 5.29. The molecule has 0 spiro atoms. The molecule has 2 rings (SSSR count). The normalized spacial score (nSPS) is 10.8. The van der Waals surface area contributed by atoms with E-state index in [1.165, 1.54) is 10.7 Å². The van der Waals surface area contributed by atoms with Crippen molar-refractivity contribution >= 4 is 21.7 Å². The third kappa shape index (κ3) is 2.31. The maximum Gasteiger partial charge on any atom is 0.169 e. The molecule has 0 radical (unpaired) electrons. The average molecular weight is 299 g/mol. The van der Waals surface area contributed by atoms with Crippen LogP contribution in [0.3, 0.4) is 0 Å². The highest BCUT2D eigenvalue weighted by molar-refractivity contribution is 9.10. The van der Waals surface area contributed by atoms with E-state index < -0.39 is 0 Å². The molecule has 0 bridgehead atoms. The maximum absolute atomic E-state index is 13.8. The molecule has 1 aromatic carbocycles. The van der Waals surface area contributed by atoms with E-state index in [1.807, 2.05) is 6.92 Å². The highest BCUT2D eigenvalue weighted by atomic mass is 79.9. The van der Waals surface area contributed by atoms with Crippen LogP contribution in [-0.4, -0.2) is 15.0 Å². The van der Waals surface area contributed by atoms with Crippen molar-refractivity contribution in [3.8, 4) is 5.69 Å². The van der Waals surface area contributed by atoms with Gasteiger partial charge in [0, 0.05) is 4.47 Å². The molecular weight excluding hydrogens is 287 g/mol. The number of nitrogen functional groups attached to an aromatic ring is 1. The van der Waals surface area contributed by atoms with E-state index in [0.717, 1.165) is 12.1 Å². The van der Waals surface area contributed by atoms with Gasteiger partial charge in [0.1, 0.15) is 11.5 Å². The first kappa shape index (κ1) is 12.0. The second-order valence-electron chi connectivity index (χ2n) is 3.68. The van der Waals surface area contributed by atoms with Gasteiger partial charge in [0.25, 0.3) is 0 Å². The highest BCUT2D eigenvalue weighted by Crippen LogP contribution is 2.21. The molecule has 4 nitrogen and oxygen atoms in total. The zero-order valence-electron chi connectivity index (χ0n) is 9.32. The molecule has 0 saturated carbocycles. The van der Waals surface area contributed by atoms with Crippen LogP contribution >= 0.6 is 15.9 Å². The van der Waals surface area contributed by atoms with E-state index >= 15 is 0 Å². The van der Waals surface area contributed by atoms with E-state index in [4.69, 9.17) is 5.73 Å². The molecule has 0 saturated heterocycles. The average Bonchev–Trinajstić information content (AvgIpc) is 2.62.